The van der Waals surface area contributed by atoms with E-state index in [0.717, 1.165) is 16.7 Å². The molecule has 6 nitrogen and oxygen atoms in total. The number of rotatable bonds is 5. The summed E-state index contributed by atoms with van der Waals surface area (Å²) in [5.41, 5.74) is 4.13. The molecule has 2 aromatic carbocycles. The van der Waals surface area contributed by atoms with Gasteiger partial charge in [-0.2, -0.15) is 0 Å². The van der Waals surface area contributed by atoms with Crippen LogP contribution in [-0.2, 0) is 4.74 Å². The minimum Gasteiger partial charge on any atom is -0.484 e. The van der Waals surface area contributed by atoms with Crippen LogP contribution in [0.15, 0.2) is 60.8 Å². The van der Waals surface area contributed by atoms with E-state index in [2.05, 4.69) is 10.3 Å². The van der Waals surface area contributed by atoms with Gasteiger partial charge in [0, 0.05) is 11.8 Å². The van der Waals surface area contributed by atoms with Crippen LogP contribution < -0.4 is 10.1 Å². The average molecular weight is 431 g/mol. The van der Waals surface area contributed by atoms with Gasteiger partial charge in [-0.05, 0) is 43.2 Å². The van der Waals surface area contributed by atoms with Crippen molar-refractivity contribution in [1.29, 1.82) is 0 Å². The number of anilines is 1. The third kappa shape index (κ3) is 3.96. The quantitative estimate of drug-likeness (QED) is 0.553. The number of carbonyl (C=O) groups excluding carboxylic acids is 2. The molecule has 2 unspecified atom stereocenters. The van der Waals surface area contributed by atoms with Crippen molar-refractivity contribution >= 4 is 17.4 Å². The molecular weight excluding hydrogens is 404 g/mol. The second-order valence-corrected chi connectivity index (χ2v) is 8.09. The Bertz CT molecular complexity index is 1160. The van der Waals surface area contributed by atoms with E-state index in [0.29, 0.717) is 17.0 Å². The van der Waals surface area contributed by atoms with Crippen molar-refractivity contribution in [2.75, 3.05) is 12.4 Å². The number of aryl methyl sites for hydroxylation is 1. The molecule has 0 fully saturated rings. The first kappa shape index (κ1) is 21.6. The van der Waals surface area contributed by atoms with E-state index in [1.165, 1.54) is 7.11 Å². The van der Waals surface area contributed by atoms with Gasteiger partial charge in [-0.1, -0.05) is 43.3 Å². The molecule has 0 radical (unpaired) electrons. The molecule has 0 saturated carbocycles. The minimum absolute atomic E-state index is 0.0638. The Morgan fingerprint density at radius 3 is 2.62 bits per heavy atom. The van der Waals surface area contributed by atoms with E-state index >= 15 is 0 Å². The van der Waals surface area contributed by atoms with Gasteiger partial charge in [-0.3, -0.25) is 4.79 Å². The highest BCUT2D eigenvalue weighted by Crippen LogP contribution is 2.43. The molecule has 32 heavy (non-hydrogen) atoms. The van der Waals surface area contributed by atoms with Crippen LogP contribution in [0, 0.1) is 12.8 Å². The number of hydrogen-bond donors (Lipinski definition) is 1. The van der Waals surface area contributed by atoms with Crippen molar-refractivity contribution in [2.45, 2.75) is 32.9 Å². The number of nitrogens with one attached hydrogen (secondary N) is 1. The number of aromatic nitrogens is 1. The van der Waals surface area contributed by atoms with E-state index in [4.69, 9.17) is 9.47 Å². The lowest BCUT2D eigenvalue weighted by Gasteiger charge is -2.33. The Labute approximate surface area is 187 Å². The second kappa shape index (κ2) is 8.83. The second-order valence-electron chi connectivity index (χ2n) is 8.09. The summed E-state index contributed by atoms with van der Waals surface area (Å²) in [7, 11) is 1.32. The topological polar surface area (TPSA) is 77.5 Å². The Morgan fingerprint density at radius 1 is 1.16 bits per heavy atom. The molecule has 1 N–H and O–H groups in total. The minimum atomic E-state index is -0.518. The van der Waals surface area contributed by atoms with Crippen LogP contribution in [0.1, 0.15) is 63.5 Å². The maximum atomic E-state index is 13.3. The molecule has 1 aromatic heterocycles. The highest BCUT2D eigenvalue weighted by Gasteiger charge is 2.37. The Kier molecular flexibility index (Phi) is 5.95. The lowest BCUT2D eigenvalue weighted by molar-refractivity contribution is 0.0594. The summed E-state index contributed by atoms with van der Waals surface area (Å²) in [5, 5.41) is 3.35. The predicted octanol–water partition coefficient (Wildman–Crippen LogP) is 5.30. The van der Waals surface area contributed by atoms with Crippen LogP contribution in [0.3, 0.4) is 0 Å². The number of ether oxygens (including phenoxy) is 2. The molecule has 3 aromatic rings. The normalized spacial score (nSPS) is 18.3. The fourth-order valence-electron chi connectivity index (χ4n) is 4.14. The number of benzene rings is 2. The maximum Gasteiger partial charge on any atom is 0.358 e. The molecule has 0 bridgehead atoms. The summed E-state index contributed by atoms with van der Waals surface area (Å²) in [6.45, 7) is 5.83. The van der Waals surface area contributed by atoms with Crippen molar-refractivity contribution in [3.8, 4) is 5.75 Å². The van der Waals surface area contributed by atoms with Crippen molar-refractivity contribution in [3.63, 3.8) is 0 Å². The van der Waals surface area contributed by atoms with Crippen molar-refractivity contribution < 1.29 is 19.1 Å². The highest BCUT2D eigenvalue weighted by molar-refractivity contribution is 6.02. The zero-order valence-electron chi connectivity index (χ0n) is 18.6. The van der Waals surface area contributed by atoms with Gasteiger partial charge in [-0.15, -0.1) is 0 Å². The summed E-state index contributed by atoms with van der Waals surface area (Å²) in [6, 6.07) is 17.0. The molecule has 0 spiro atoms. The van der Waals surface area contributed by atoms with Gasteiger partial charge in [0.15, 0.2) is 11.5 Å². The van der Waals surface area contributed by atoms with Crippen LogP contribution in [0.4, 0.5) is 5.69 Å². The number of Topliss-reactive ketones (excluding diaryl/α,β-unsaturated/α-hetero) is 1. The summed E-state index contributed by atoms with van der Waals surface area (Å²) in [4.78, 5) is 29.6. The van der Waals surface area contributed by atoms with E-state index in [9.17, 15) is 9.59 Å². The number of nitrogens with zero attached hydrogens (tertiary/aromatic N) is 1. The van der Waals surface area contributed by atoms with Crippen molar-refractivity contribution in [3.05, 3.63) is 88.7 Å². The van der Waals surface area contributed by atoms with E-state index in [1.54, 1.807) is 18.3 Å². The van der Waals surface area contributed by atoms with E-state index in [1.807, 2.05) is 63.2 Å². The third-order valence-electron chi connectivity index (χ3n) is 5.79. The SMILES string of the molecule is COC(=O)c1ncccc1N[C@H](C)c1cc(C)cc2c1OC(c1ccccc1)C(C)C2=O. The van der Waals surface area contributed by atoms with E-state index < -0.39 is 5.97 Å². The first-order chi connectivity index (χ1) is 15.4. The molecule has 1 aliphatic rings. The van der Waals surface area contributed by atoms with Gasteiger partial charge in [0.2, 0.25) is 0 Å². The molecule has 6 heteroatoms. The number of fused-ring (bicyclic) bond motifs is 1. The number of carbonyl (C=O) groups is 2. The summed E-state index contributed by atoms with van der Waals surface area (Å²) in [6.07, 6.45) is 1.18. The first-order valence-corrected chi connectivity index (χ1v) is 10.6. The number of hydrogen-bond acceptors (Lipinski definition) is 6. The number of methoxy groups -OCH3 is 1. The largest absolute Gasteiger partial charge is 0.484 e. The summed E-state index contributed by atoms with van der Waals surface area (Å²) >= 11 is 0. The molecule has 2 heterocycles. The standard InChI is InChI=1S/C26H26N2O4/c1-15-13-19(17(3)28-21-11-8-12-27-22(21)26(30)31-4)25-20(14-15)23(29)16(2)24(32-25)18-9-6-5-7-10-18/h5-14,16-17,24,28H,1-4H3/t16?,17-,24?/m1/s1. The number of esters is 1. The Morgan fingerprint density at radius 2 is 1.91 bits per heavy atom. The summed E-state index contributed by atoms with van der Waals surface area (Å²) in [5.74, 6) is -0.173. The number of pyridine rings is 1. The first-order valence-electron chi connectivity index (χ1n) is 10.6. The van der Waals surface area contributed by atoms with E-state index in [-0.39, 0.29) is 29.5 Å². The molecule has 0 amide bonds. The fourth-order valence-corrected chi connectivity index (χ4v) is 4.14. The van der Waals surface area contributed by atoms with Gasteiger partial charge in [0.25, 0.3) is 0 Å². The Hall–Kier alpha value is -3.67. The van der Waals surface area contributed by atoms with Crippen LogP contribution in [0.2, 0.25) is 0 Å². The molecular formula is C26H26N2O4. The zero-order chi connectivity index (χ0) is 22.8. The van der Waals surface area contributed by atoms with Gasteiger partial charge in [0.05, 0.1) is 30.3 Å². The van der Waals surface area contributed by atoms with Crippen molar-refractivity contribution in [1.82, 2.24) is 4.98 Å². The highest BCUT2D eigenvalue weighted by atomic mass is 16.5. The number of ketones is 1. The monoisotopic (exact) mass is 430 g/mol. The molecule has 0 saturated heterocycles. The summed E-state index contributed by atoms with van der Waals surface area (Å²) < 4.78 is 11.3. The fraction of sp³-hybridized carbons (Fsp3) is 0.269. The predicted molar refractivity (Wildman–Crippen MR) is 122 cm³/mol. The van der Waals surface area contributed by atoms with Gasteiger partial charge < -0.3 is 14.8 Å². The maximum absolute atomic E-state index is 13.3. The Balaban J connectivity index is 1.74. The van der Waals surface area contributed by atoms with Crippen molar-refractivity contribution in [2.24, 2.45) is 5.92 Å². The molecule has 164 valence electrons. The third-order valence-corrected chi connectivity index (χ3v) is 5.79. The molecule has 3 atom stereocenters. The smallest absolute Gasteiger partial charge is 0.358 e. The average Bonchev–Trinajstić information content (AvgIpc) is 2.81. The van der Waals surface area contributed by atoms with Crippen LogP contribution >= 0.6 is 0 Å². The molecule has 1 aliphatic heterocycles. The van der Waals surface area contributed by atoms with Gasteiger partial charge in [-0.25, -0.2) is 9.78 Å². The lowest BCUT2D eigenvalue weighted by Crippen LogP contribution is -2.31. The van der Waals surface area contributed by atoms with Crippen LogP contribution in [-0.4, -0.2) is 23.8 Å². The van der Waals surface area contributed by atoms with Gasteiger partial charge >= 0.3 is 5.97 Å². The lowest BCUT2D eigenvalue weighted by atomic mass is 9.84. The molecule has 0 aliphatic carbocycles. The molecule has 4 rings (SSSR count). The van der Waals surface area contributed by atoms with Gasteiger partial charge in [0.1, 0.15) is 11.9 Å². The van der Waals surface area contributed by atoms with Crippen LogP contribution in [0.25, 0.3) is 0 Å². The zero-order valence-corrected chi connectivity index (χ0v) is 18.6. The van der Waals surface area contributed by atoms with Crippen LogP contribution in [0.5, 0.6) is 5.75 Å².